The summed E-state index contributed by atoms with van der Waals surface area (Å²) < 4.78 is 14.8. The average molecular weight is 439 g/mol. The highest BCUT2D eigenvalue weighted by molar-refractivity contribution is 7.25. The van der Waals surface area contributed by atoms with Crippen molar-refractivity contribution in [1.29, 1.82) is 0 Å². The summed E-state index contributed by atoms with van der Waals surface area (Å²) in [4.78, 5) is 5.09. The Balaban J connectivity index is 1.19. The third-order valence-electron chi connectivity index (χ3n) is 6.58. The molecule has 2 aliphatic rings. The van der Waals surface area contributed by atoms with Gasteiger partial charge in [-0.2, -0.15) is 0 Å². The van der Waals surface area contributed by atoms with E-state index in [2.05, 4.69) is 46.2 Å². The lowest BCUT2D eigenvalue weighted by Gasteiger charge is -2.14. The fourth-order valence-electron chi connectivity index (χ4n) is 4.88. The molecule has 0 saturated carbocycles. The third-order valence-corrected chi connectivity index (χ3v) is 7.74. The Kier molecular flexibility index (Phi) is 6.92. The standard InChI is InChI=1S/C26H34N2O2S/c1-2-12-27(11-1)15-5-17-29-21-7-9-25-23(19-21)24-20-22(8-10-26(24)31-25)30-18-6-16-28-13-3-4-14-28/h7-10,19-20H,1-6,11-18H2. The molecule has 0 aliphatic carbocycles. The van der Waals surface area contributed by atoms with Crippen molar-refractivity contribution in [1.82, 2.24) is 9.80 Å². The van der Waals surface area contributed by atoms with E-state index in [1.807, 2.05) is 11.3 Å². The molecule has 166 valence electrons. The smallest absolute Gasteiger partial charge is 0.120 e. The molecule has 0 N–H and O–H groups in total. The first-order chi connectivity index (χ1) is 15.3. The van der Waals surface area contributed by atoms with Crippen LogP contribution in [0.15, 0.2) is 36.4 Å². The quantitative estimate of drug-likeness (QED) is 0.374. The summed E-state index contributed by atoms with van der Waals surface area (Å²) >= 11 is 1.84. The number of nitrogens with zero attached hydrogens (tertiary/aromatic N) is 2. The molecule has 5 rings (SSSR count). The number of hydrogen-bond donors (Lipinski definition) is 0. The van der Waals surface area contributed by atoms with E-state index < -0.39 is 0 Å². The summed E-state index contributed by atoms with van der Waals surface area (Å²) in [5.74, 6) is 1.95. The second-order valence-electron chi connectivity index (χ2n) is 8.92. The normalized spacial score (nSPS) is 17.8. The Hall–Kier alpha value is -1.82. The molecule has 0 bridgehead atoms. The summed E-state index contributed by atoms with van der Waals surface area (Å²) in [5, 5.41) is 2.55. The van der Waals surface area contributed by atoms with Gasteiger partial charge in [-0.1, -0.05) is 0 Å². The van der Waals surface area contributed by atoms with E-state index in [9.17, 15) is 0 Å². The van der Waals surface area contributed by atoms with Gasteiger partial charge in [-0.05, 0) is 101 Å². The summed E-state index contributed by atoms with van der Waals surface area (Å²) in [6, 6.07) is 13.0. The summed E-state index contributed by atoms with van der Waals surface area (Å²) in [7, 11) is 0. The van der Waals surface area contributed by atoms with Crippen LogP contribution in [0.3, 0.4) is 0 Å². The van der Waals surface area contributed by atoms with Crippen molar-refractivity contribution in [2.45, 2.75) is 38.5 Å². The molecule has 2 saturated heterocycles. The molecule has 0 amide bonds. The second-order valence-corrected chi connectivity index (χ2v) is 10.0. The van der Waals surface area contributed by atoms with Crippen molar-refractivity contribution in [2.24, 2.45) is 0 Å². The Labute approximate surface area is 189 Å². The molecule has 0 atom stereocenters. The van der Waals surface area contributed by atoms with Crippen LogP contribution < -0.4 is 9.47 Å². The van der Waals surface area contributed by atoms with Gasteiger partial charge >= 0.3 is 0 Å². The molecule has 5 heteroatoms. The summed E-state index contributed by atoms with van der Waals surface area (Å²) in [6.45, 7) is 8.92. The maximum absolute atomic E-state index is 6.09. The van der Waals surface area contributed by atoms with Gasteiger partial charge in [0.15, 0.2) is 0 Å². The van der Waals surface area contributed by atoms with Gasteiger partial charge < -0.3 is 19.3 Å². The monoisotopic (exact) mass is 438 g/mol. The molecule has 3 aromatic rings. The van der Waals surface area contributed by atoms with Crippen LogP contribution in [0.4, 0.5) is 0 Å². The Morgan fingerprint density at radius 3 is 1.55 bits per heavy atom. The lowest BCUT2D eigenvalue weighted by Crippen LogP contribution is -2.21. The fraction of sp³-hybridized carbons (Fsp3) is 0.538. The lowest BCUT2D eigenvalue weighted by atomic mass is 10.1. The van der Waals surface area contributed by atoms with Crippen molar-refractivity contribution in [3.8, 4) is 11.5 Å². The number of hydrogen-bond acceptors (Lipinski definition) is 5. The van der Waals surface area contributed by atoms with E-state index in [0.29, 0.717) is 0 Å². The van der Waals surface area contributed by atoms with Crippen LogP contribution in [-0.2, 0) is 0 Å². The summed E-state index contributed by atoms with van der Waals surface area (Å²) in [6.07, 6.45) is 7.61. The minimum atomic E-state index is 0.787. The molecule has 0 radical (unpaired) electrons. The molecule has 0 spiro atoms. The lowest BCUT2D eigenvalue weighted by molar-refractivity contribution is 0.263. The van der Waals surface area contributed by atoms with E-state index in [0.717, 1.165) is 50.6 Å². The topological polar surface area (TPSA) is 24.9 Å². The first-order valence-corrected chi connectivity index (χ1v) is 12.8. The number of fused-ring (bicyclic) bond motifs is 3. The predicted molar refractivity (Wildman–Crippen MR) is 131 cm³/mol. The molecule has 0 unspecified atom stereocenters. The van der Waals surface area contributed by atoms with Gasteiger partial charge in [0.25, 0.3) is 0 Å². The van der Waals surface area contributed by atoms with Gasteiger partial charge in [-0.25, -0.2) is 0 Å². The van der Waals surface area contributed by atoms with Crippen molar-refractivity contribution >= 4 is 31.5 Å². The molecule has 31 heavy (non-hydrogen) atoms. The van der Waals surface area contributed by atoms with Gasteiger partial charge in [0.2, 0.25) is 0 Å². The highest BCUT2D eigenvalue weighted by Gasteiger charge is 2.12. The van der Waals surface area contributed by atoms with Crippen LogP contribution in [0, 0.1) is 0 Å². The van der Waals surface area contributed by atoms with Gasteiger partial charge in [-0.15, -0.1) is 11.3 Å². The van der Waals surface area contributed by atoms with E-state index in [4.69, 9.17) is 9.47 Å². The molecule has 2 fully saturated rings. The average Bonchev–Trinajstić information content (AvgIpc) is 3.55. The zero-order chi connectivity index (χ0) is 20.9. The van der Waals surface area contributed by atoms with Gasteiger partial charge in [0, 0.05) is 33.3 Å². The highest BCUT2D eigenvalue weighted by atomic mass is 32.1. The Bertz CT molecular complexity index is 911. The van der Waals surface area contributed by atoms with E-state index in [1.54, 1.807) is 0 Å². The predicted octanol–water partition coefficient (Wildman–Crippen LogP) is 5.78. The van der Waals surface area contributed by atoms with Crippen LogP contribution >= 0.6 is 11.3 Å². The number of likely N-dealkylation sites (tertiary alicyclic amines) is 2. The highest BCUT2D eigenvalue weighted by Crippen LogP contribution is 2.37. The first-order valence-electron chi connectivity index (χ1n) is 12.0. The number of ether oxygens (including phenoxy) is 2. The maximum Gasteiger partial charge on any atom is 0.120 e. The SMILES string of the molecule is c1cc2sc3ccc(OCCCN4CCCC4)cc3c2cc1OCCCN1CCCC1. The Morgan fingerprint density at radius 1 is 0.645 bits per heavy atom. The second kappa shape index (κ2) is 10.2. The molecule has 1 aromatic heterocycles. The van der Waals surface area contributed by atoms with Crippen molar-refractivity contribution in [3.05, 3.63) is 36.4 Å². The van der Waals surface area contributed by atoms with Crippen LogP contribution in [-0.4, -0.2) is 62.3 Å². The van der Waals surface area contributed by atoms with E-state index in [-0.39, 0.29) is 0 Å². The van der Waals surface area contributed by atoms with E-state index >= 15 is 0 Å². The van der Waals surface area contributed by atoms with Gasteiger partial charge in [0.1, 0.15) is 11.5 Å². The molecular formula is C26H34N2O2S. The number of benzene rings is 2. The summed E-state index contributed by atoms with van der Waals surface area (Å²) in [5.41, 5.74) is 0. The molecule has 3 heterocycles. The van der Waals surface area contributed by atoms with Crippen LogP contribution in [0.5, 0.6) is 11.5 Å². The van der Waals surface area contributed by atoms with Crippen molar-refractivity contribution in [2.75, 3.05) is 52.5 Å². The molecule has 2 aromatic carbocycles. The largest absolute Gasteiger partial charge is 0.494 e. The maximum atomic E-state index is 6.09. The van der Waals surface area contributed by atoms with Crippen LogP contribution in [0.25, 0.3) is 20.2 Å². The molecule has 4 nitrogen and oxygen atoms in total. The first kappa shape index (κ1) is 21.0. The number of rotatable bonds is 10. The Morgan fingerprint density at radius 2 is 1.10 bits per heavy atom. The van der Waals surface area contributed by atoms with Crippen molar-refractivity contribution < 1.29 is 9.47 Å². The minimum absolute atomic E-state index is 0.787. The zero-order valence-electron chi connectivity index (χ0n) is 18.5. The van der Waals surface area contributed by atoms with Crippen molar-refractivity contribution in [3.63, 3.8) is 0 Å². The molecular weight excluding hydrogens is 404 g/mol. The zero-order valence-corrected chi connectivity index (χ0v) is 19.3. The van der Waals surface area contributed by atoms with Gasteiger partial charge in [0.05, 0.1) is 13.2 Å². The third kappa shape index (κ3) is 5.33. The fourth-order valence-corrected chi connectivity index (χ4v) is 5.95. The number of thiophene rings is 1. The minimum Gasteiger partial charge on any atom is -0.494 e. The molecule has 2 aliphatic heterocycles. The van der Waals surface area contributed by atoms with E-state index in [1.165, 1.54) is 72.0 Å². The van der Waals surface area contributed by atoms with Crippen LogP contribution in [0.2, 0.25) is 0 Å². The van der Waals surface area contributed by atoms with Gasteiger partial charge in [-0.3, -0.25) is 0 Å². The van der Waals surface area contributed by atoms with Crippen LogP contribution in [0.1, 0.15) is 38.5 Å².